The third-order valence-electron chi connectivity index (χ3n) is 5.29. The molecule has 28 heavy (non-hydrogen) atoms. The summed E-state index contributed by atoms with van der Waals surface area (Å²) >= 11 is 0. The Labute approximate surface area is 162 Å². The molecule has 0 bridgehead atoms. The number of halogens is 1. The molecule has 1 fully saturated rings. The molecule has 2 amide bonds. The average molecular weight is 379 g/mol. The smallest absolute Gasteiger partial charge is 0.256 e. The highest BCUT2D eigenvalue weighted by molar-refractivity contribution is 6.09. The molecule has 1 aromatic heterocycles. The predicted octanol–water partition coefficient (Wildman–Crippen LogP) is 3.54. The lowest BCUT2D eigenvalue weighted by Gasteiger charge is -2.24. The highest BCUT2D eigenvalue weighted by atomic mass is 19.1. The van der Waals surface area contributed by atoms with Crippen molar-refractivity contribution >= 4 is 22.7 Å². The van der Waals surface area contributed by atoms with Crippen LogP contribution in [-0.4, -0.2) is 34.3 Å². The first kappa shape index (κ1) is 18.2. The maximum absolute atomic E-state index is 13.7. The van der Waals surface area contributed by atoms with Crippen LogP contribution in [0.1, 0.15) is 34.5 Å². The van der Waals surface area contributed by atoms with E-state index in [1.807, 2.05) is 30.3 Å². The summed E-state index contributed by atoms with van der Waals surface area (Å²) in [5.74, 6) is -0.774. The Kier molecular flexibility index (Phi) is 4.86. The van der Waals surface area contributed by atoms with Crippen LogP contribution in [-0.2, 0) is 11.3 Å². The number of hydrogen-bond acceptors (Lipinski definition) is 2. The molecule has 2 N–H and O–H groups in total. The molecule has 1 aliphatic rings. The van der Waals surface area contributed by atoms with Gasteiger partial charge in [0.15, 0.2) is 0 Å². The zero-order valence-corrected chi connectivity index (χ0v) is 15.7. The van der Waals surface area contributed by atoms with Crippen molar-refractivity contribution < 1.29 is 14.0 Å². The molecule has 6 heteroatoms. The Bertz CT molecular complexity index is 1030. The third kappa shape index (κ3) is 3.38. The monoisotopic (exact) mass is 379 g/mol. The Morgan fingerprint density at radius 3 is 2.79 bits per heavy atom. The second kappa shape index (κ2) is 7.46. The van der Waals surface area contributed by atoms with E-state index in [-0.39, 0.29) is 17.6 Å². The van der Waals surface area contributed by atoms with Gasteiger partial charge in [-0.3, -0.25) is 9.59 Å². The second-order valence-corrected chi connectivity index (χ2v) is 7.17. The van der Waals surface area contributed by atoms with Gasteiger partial charge in [0.25, 0.3) is 5.91 Å². The third-order valence-corrected chi connectivity index (χ3v) is 5.29. The summed E-state index contributed by atoms with van der Waals surface area (Å²) in [7, 11) is 0. The zero-order chi connectivity index (χ0) is 19.7. The van der Waals surface area contributed by atoms with Crippen LogP contribution in [0.4, 0.5) is 4.39 Å². The van der Waals surface area contributed by atoms with Crippen molar-refractivity contribution in [2.45, 2.75) is 32.4 Å². The minimum atomic E-state index is -0.505. The van der Waals surface area contributed by atoms with Gasteiger partial charge in [-0.25, -0.2) is 4.39 Å². The second-order valence-electron chi connectivity index (χ2n) is 7.17. The predicted molar refractivity (Wildman–Crippen MR) is 105 cm³/mol. The van der Waals surface area contributed by atoms with Gasteiger partial charge in [0.2, 0.25) is 5.91 Å². The molecule has 0 radical (unpaired) electrons. The van der Waals surface area contributed by atoms with Crippen LogP contribution in [0, 0.1) is 12.7 Å². The topological polar surface area (TPSA) is 65.2 Å². The van der Waals surface area contributed by atoms with Gasteiger partial charge in [0.1, 0.15) is 11.9 Å². The molecular formula is C22H22FN3O2. The Morgan fingerprint density at radius 1 is 1.21 bits per heavy atom. The van der Waals surface area contributed by atoms with E-state index >= 15 is 0 Å². The first-order valence-electron chi connectivity index (χ1n) is 9.45. The number of likely N-dealkylation sites (tertiary alicyclic amines) is 1. The molecule has 2 heterocycles. The molecule has 1 aliphatic heterocycles. The first-order valence-corrected chi connectivity index (χ1v) is 9.45. The fourth-order valence-electron chi connectivity index (χ4n) is 3.90. The number of carbonyl (C=O) groups is 2. The Morgan fingerprint density at radius 2 is 2.00 bits per heavy atom. The van der Waals surface area contributed by atoms with Crippen molar-refractivity contribution in [1.29, 1.82) is 0 Å². The van der Waals surface area contributed by atoms with Crippen LogP contribution in [0.25, 0.3) is 10.9 Å². The van der Waals surface area contributed by atoms with E-state index in [0.29, 0.717) is 41.7 Å². The Balaban J connectivity index is 1.55. The molecule has 2 aromatic carbocycles. The number of aromatic nitrogens is 1. The number of fused-ring (bicyclic) bond motifs is 1. The fourth-order valence-corrected chi connectivity index (χ4v) is 3.90. The Hall–Kier alpha value is -3.15. The SMILES string of the molecule is Cc1[nH]c2ccc(F)cc2c1C(=O)N1CCCC1C(=O)NCc1ccccc1. The lowest BCUT2D eigenvalue weighted by molar-refractivity contribution is -0.125. The number of carbonyl (C=O) groups excluding carboxylic acids is 2. The zero-order valence-electron chi connectivity index (χ0n) is 15.7. The van der Waals surface area contributed by atoms with Crippen molar-refractivity contribution in [3.05, 3.63) is 71.2 Å². The van der Waals surface area contributed by atoms with Crippen LogP contribution in [0.3, 0.4) is 0 Å². The summed E-state index contributed by atoms with van der Waals surface area (Å²) in [6.07, 6.45) is 1.40. The molecule has 5 nitrogen and oxygen atoms in total. The van der Waals surface area contributed by atoms with Gasteiger partial charge in [0.05, 0.1) is 5.56 Å². The minimum Gasteiger partial charge on any atom is -0.358 e. The van der Waals surface area contributed by atoms with E-state index in [1.165, 1.54) is 12.1 Å². The van der Waals surface area contributed by atoms with E-state index in [1.54, 1.807) is 17.9 Å². The number of nitrogens with one attached hydrogen (secondary N) is 2. The van der Waals surface area contributed by atoms with E-state index in [0.717, 1.165) is 12.0 Å². The van der Waals surface area contributed by atoms with Gasteiger partial charge >= 0.3 is 0 Å². The van der Waals surface area contributed by atoms with Crippen LogP contribution in [0.15, 0.2) is 48.5 Å². The van der Waals surface area contributed by atoms with E-state index in [9.17, 15) is 14.0 Å². The number of aromatic amines is 1. The van der Waals surface area contributed by atoms with Gasteiger partial charge in [-0.05, 0) is 43.5 Å². The van der Waals surface area contributed by atoms with Crippen LogP contribution in [0.2, 0.25) is 0 Å². The molecule has 144 valence electrons. The molecule has 0 spiro atoms. The number of amides is 2. The average Bonchev–Trinajstić information content (AvgIpc) is 3.30. The van der Waals surface area contributed by atoms with Crippen molar-refractivity contribution in [1.82, 2.24) is 15.2 Å². The highest BCUT2D eigenvalue weighted by Crippen LogP contribution is 2.28. The lowest BCUT2D eigenvalue weighted by Crippen LogP contribution is -2.45. The largest absolute Gasteiger partial charge is 0.358 e. The summed E-state index contributed by atoms with van der Waals surface area (Å²) in [6.45, 7) is 2.74. The van der Waals surface area contributed by atoms with E-state index < -0.39 is 6.04 Å². The highest BCUT2D eigenvalue weighted by Gasteiger charge is 2.35. The summed E-state index contributed by atoms with van der Waals surface area (Å²) in [5, 5.41) is 3.48. The summed E-state index contributed by atoms with van der Waals surface area (Å²) < 4.78 is 13.7. The molecule has 3 aromatic rings. The van der Waals surface area contributed by atoms with Crippen LogP contribution < -0.4 is 5.32 Å². The van der Waals surface area contributed by atoms with Gasteiger partial charge < -0.3 is 15.2 Å². The molecule has 0 saturated carbocycles. The number of nitrogens with zero attached hydrogens (tertiary/aromatic N) is 1. The molecule has 1 atom stereocenters. The number of rotatable bonds is 4. The standard InChI is InChI=1S/C22H22FN3O2/c1-14-20(17-12-16(23)9-10-18(17)25-14)22(28)26-11-5-8-19(26)21(27)24-13-15-6-3-2-4-7-15/h2-4,6-7,9-10,12,19,25H,5,8,11,13H2,1H3,(H,24,27). The minimum absolute atomic E-state index is 0.154. The number of aryl methyl sites for hydroxylation is 1. The quantitative estimate of drug-likeness (QED) is 0.728. The first-order chi connectivity index (χ1) is 13.5. The maximum atomic E-state index is 13.7. The van der Waals surface area contributed by atoms with Crippen molar-refractivity contribution in [3.63, 3.8) is 0 Å². The summed E-state index contributed by atoms with van der Waals surface area (Å²) in [6, 6.07) is 13.5. The van der Waals surface area contributed by atoms with Crippen molar-refractivity contribution in [3.8, 4) is 0 Å². The molecule has 1 unspecified atom stereocenters. The summed E-state index contributed by atoms with van der Waals surface area (Å²) in [4.78, 5) is 30.7. The van der Waals surface area contributed by atoms with E-state index in [4.69, 9.17) is 0 Å². The number of H-pyrrole nitrogens is 1. The van der Waals surface area contributed by atoms with Crippen LogP contribution >= 0.6 is 0 Å². The van der Waals surface area contributed by atoms with Gasteiger partial charge in [0, 0.05) is 29.7 Å². The fraction of sp³-hybridized carbons (Fsp3) is 0.273. The number of benzene rings is 2. The summed E-state index contributed by atoms with van der Waals surface area (Å²) in [5.41, 5.74) is 2.85. The van der Waals surface area contributed by atoms with Crippen LogP contribution in [0.5, 0.6) is 0 Å². The molecular weight excluding hydrogens is 357 g/mol. The van der Waals surface area contributed by atoms with Gasteiger partial charge in [-0.1, -0.05) is 30.3 Å². The molecule has 4 rings (SSSR count). The van der Waals surface area contributed by atoms with Crippen molar-refractivity contribution in [2.75, 3.05) is 6.54 Å². The lowest BCUT2D eigenvalue weighted by atomic mass is 10.1. The van der Waals surface area contributed by atoms with E-state index in [2.05, 4.69) is 10.3 Å². The normalized spacial score (nSPS) is 16.5. The number of hydrogen-bond donors (Lipinski definition) is 2. The molecule has 1 saturated heterocycles. The van der Waals surface area contributed by atoms with Crippen molar-refractivity contribution in [2.24, 2.45) is 0 Å². The maximum Gasteiger partial charge on any atom is 0.256 e. The molecule has 0 aliphatic carbocycles. The van der Waals surface area contributed by atoms with Gasteiger partial charge in [-0.2, -0.15) is 0 Å². The van der Waals surface area contributed by atoms with Gasteiger partial charge in [-0.15, -0.1) is 0 Å².